The van der Waals surface area contributed by atoms with Crippen LogP contribution in [0.15, 0.2) is 22.7 Å². The molecule has 1 atom stereocenters. The summed E-state index contributed by atoms with van der Waals surface area (Å²) in [4.78, 5) is 0. The topological polar surface area (TPSA) is 26.0 Å². The van der Waals surface area contributed by atoms with Gasteiger partial charge in [-0.05, 0) is 42.6 Å². The maximum atomic E-state index is 13.3. The van der Waals surface area contributed by atoms with Gasteiger partial charge in [-0.15, -0.1) is 0 Å². The predicted molar refractivity (Wildman–Crippen MR) is 56.2 cm³/mol. The van der Waals surface area contributed by atoms with Gasteiger partial charge in [0.1, 0.15) is 5.82 Å². The number of hydrogen-bond acceptors (Lipinski definition) is 1. The second-order valence-electron chi connectivity index (χ2n) is 3.14. The Morgan fingerprint density at radius 1 is 1.54 bits per heavy atom. The molecule has 0 fully saturated rings. The number of hydrogen-bond donors (Lipinski definition) is 1. The van der Waals surface area contributed by atoms with E-state index in [0.717, 1.165) is 16.5 Å². The van der Waals surface area contributed by atoms with Gasteiger partial charge < -0.3 is 5.73 Å². The summed E-state index contributed by atoms with van der Waals surface area (Å²) in [6.45, 7) is 2.57. The van der Waals surface area contributed by atoms with Crippen molar-refractivity contribution in [2.24, 2.45) is 5.73 Å². The molecule has 0 heterocycles. The molecule has 0 saturated heterocycles. The highest BCUT2D eigenvalue weighted by atomic mass is 79.9. The summed E-state index contributed by atoms with van der Waals surface area (Å²) in [5.41, 5.74) is 6.16. The fraction of sp³-hybridized carbons (Fsp3) is 0.400. The molecule has 0 aliphatic rings. The van der Waals surface area contributed by atoms with E-state index in [-0.39, 0.29) is 11.7 Å². The minimum atomic E-state index is -0.149. The average Bonchev–Trinajstić information content (AvgIpc) is 2.09. The highest BCUT2D eigenvalue weighted by molar-refractivity contribution is 9.10. The Balaban J connectivity index is 2.91. The first-order valence-corrected chi connectivity index (χ1v) is 5.09. The fourth-order valence-electron chi connectivity index (χ4n) is 1.30. The van der Waals surface area contributed by atoms with Crippen molar-refractivity contribution < 1.29 is 4.39 Å². The number of rotatable bonds is 3. The maximum Gasteiger partial charge on any atom is 0.126 e. The van der Waals surface area contributed by atoms with Crippen LogP contribution in [0.5, 0.6) is 0 Å². The normalized spacial score (nSPS) is 12.9. The molecular weight excluding hydrogens is 233 g/mol. The van der Waals surface area contributed by atoms with Gasteiger partial charge >= 0.3 is 0 Å². The van der Waals surface area contributed by atoms with Gasteiger partial charge in [-0.1, -0.05) is 22.9 Å². The van der Waals surface area contributed by atoms with E-state index >= 15 is 0 Å². The van der Waals surface area contributed by atoms with Crippen LogP contribution < -0.4 is 5.73 Å². The first-order chi connectivity index (χ1) is 6.15. The van der Waals surface area contributed by atoms with Crippen LogP contribution in [0.3, 0.4) is 0 Å². The minimum Gasteiger partial charge on any atom is -0.330 e. The molecule has 0 aliphatic heterocycles. The quantitative estimate of drug-likeness (QED) is 0.871. The van der Waals surface area contributed by atoms with Crippen LogP contribution >= 0.6 is 15.9 Å². The standard InChI is InChI=1S/C10H13BrFN/c1-7(4-5-13)9-6-8(11)2-3-10(9)12/h2-3,6-7H,4-5,13H2,1H3. The van der Waals surface area contributed by atoms with E-state index in [1.807, 2.05) is 13.0 Å². The largest absolute Gasteiger partial charge is 0.330 e. The molecule has 1 aromatic carbocycles. The Labute approximate surface area is 86.3 Å². The molecule has 0 bridgehead atoms. The van der Waals surface area contributed by atoms with Gasteiger partial charge in [0.05, 0.1) is 0 Å². The highest BCUT2D eigenvalue weighted by Crippen LogP contribution is 2.24. The predicted octanol–water partition coefficient (Wildman–Crippen LogP) is 3.04. The zero-order valence-corrected chi connectivity index (χ0v) is 9.14. The van der Waals surface area contributed by atoms with E-state index in [9.17, 15) is 4.39 Å². The summed E-state index contributed by atoms with van der Waals surface area (Å²) in [5, 5.41) is 0. The van der Waals surface area contributed by atoms with Crippen LogP contribution in [-0.4, -0.2) is 6.54 Å². The molecule has 13 heavy (non-hydrogen) atoms. The van der Waals surface area contributed by atoms with Gasteiger partial charge in [-0.2, -0.15) is 0 Å². The van der Waals surface area contributed by atoms with Crippen molar-refractivity contribution >= 4 is 15.9 Å². The molecule has 1 rings (SSSR count). The van der Waals surface area contributed by atoms with E-state index < -0.39 is 0 Å². The van der Waals surface area contributed by atoms with E-state index in [1.54, 1.807) is 6.07 Å². The van der Waals surface area contributed by atoms with Crippen LogP contribution in [0, 0.1) is 5.82 Å². The van der Waals surface area contributed by atoms with Gasteiger partial charge in [-0.25, -0.2) is 4.39 Å². The molecule has 3 heteroatoms. The Hall–Kier alpha value is -0.410. The molecule has 1 nitrogen and oxygen atoms in total. The van der Waals surface area contributed by atoms with Crippen LogP contribution in [0.2, 0.25) is 0 Å². The van der Waals surface area contributed by atoms with Gasteiger partial charge in [0.25, 0.3) is 0 Å². The third-order valence-electron chi connectivity index (χ3n) is 2.09. The van der Waals surface area contributed by atoms with Gasteiger partial charge in [0, 0.05) is 4.47 Å². The van der Waals surface area contributed by atoms with Crippen molar-refractivity contribution in [3.8, 4) is 0 Å². The lowest BCUT2D eigenvalue weighted by molar-refractivity contribution is 0.576. The first-order valence-electron chi connectivity index (χ1n) is 4.30. The monoisotopic (exact) mass is 245 g/mol. The van der Waals surface area contributed by atoms with Gasteiger partial charge in [0.15, 0.2) is 0 Å². The number of benzene rings is 1. The minimum absolute atomic E-state index is 0.149. The van der Waals surface area contributed by atoms with Crippen molar-refractivity contribution in [3.63, 3.8) is 0 Å². The lowest BCUT2D eigenvalue weighted by Gasteiger charge is -2.11. The smallest absolute Gasteiger partial charge is 0.126 e. The Bertz CT molecular complexity index is 288. The first kappa shape index (κ1) is 10.7. The Morgan fingerprint density at radius 2 is 2.23 bits per heavy atom. The van der Waals surface area contributed by atoms with Crippen molar-refractivity contribution in [1.82, 2.24) is 0 Å². The molecule has 0 spiro atoms. The summed E-state index contributed by atoms with van der Waals surface area (Å²) in [5.74, 6) is 0.0339. The van der Waals surface area contributed by atoms with E-state index in [4.69, 9.17) is 5.73 Å². The van der Waals surface area contributed by atoms with Crippen molar-refractivity contribution in [1.29, 1.82) is 0 Å². The molecule has 0 aliphatic carbocycles. The third-order valence-corrected chi connectivity index (χ3v) is 2.58. The zero-order valence-electron chi connectivity index (χ0n) is 7.56. The summed E-state index contributed by atoms with van der Waals surface area (Å²) >= 11 is 3.32. The van der Waals surface area contributed by atoms with E-state index in [0.29, 0.717) is 6.54 Å². The van der Waals surface area contributed by atoms with Gasteiger partial charge in [0.2, 0.25) is 0 Å². The Kier molecular flexibility index (Phi) is 3.88. The van der Waals surface area contributed by atoms with Crippen molar-refractivity contribution in [2.75, 3.05) is 6.54 Å². The van der Waals surface area contributed by atoms with Crippen molar-refractivity contribution in [3.05, 3.63) is 34.1 Å². The second kappa shape index (κ2) is 4.72. The molecule has 1 aromatic rings. The molecule has 0 saturated carbocycles. The van der Waals surface area contributed by atoms with Crippen LogP contribution in [-0.2, 0) is 0 Å². The maximum absolute atomic E-state index is 13.3. The number of nitrogens with two attached hydrogens (primary N) is 1. The molecular formula is C10H13BrFN. The van der Waals surface area contributed by atoms with Crippen LogP contribution in [0.4, 0.5) is 4.39 Å². The lowest BCUT2D eigenvalue weighted by Crippen LogP contribution is -2.06. The summed E-state index contributed by atoms with van der Waals surface area (Å²) < 4.78 is 14.2. The average molecular weight is 246 g/mol. The molecule has 72 valence electrons. The molecule has 0 amide bonds. The SMILES string of the molecule is CC(CCN)c1cc(Br)ccc1F. The molecule has 2 N–H and O–H groups in total. The zero-order chi connectivity index (χ0) is 9.84. The summed E-state index contributed by atoms with van der Waals surface area (Å²) in [6, 6.07) is 5.00. The highest BCUT2D eigenvalue weighted by Gasteiger charge is 2.10. The summed E-state index contributed by atoms with van der Waals surface area (Å²) in [7, 11) is 0. The lowest BCUT2D eigenvalue weighted by atomic mass is 9.97. The third kappa shape index (κ3) is 2.78. The summed E-state index contributed by atoms with van der Waals surface area (Å²) in [6.07, 6.45) is 0.813. The van der Waals surface area contributed by atoms with Crippen molar-refractivity contribution in [2.45, 2.75) is 19.3 Å². The Morgan fingerprint density at radius 3 is 2.85 bits per heavy atom. The van der Waals surface area contributed by atoms with E-state index in [1.165, 1.54) is 6.07 Å². The molecule has 1 unspecified atom stereocenters. The van der Waals surface area contributed by atoms with E-state index in [2.05, 4.69) is 15.9 Å². The molecule has 0 aromatic heterocycles. The fourth-order valence-corrected chi connectivity index (χ4v) is 1.68. The second-order valence-corrected chi connectivity index (χ2v) is 4.06. The van der Waals surface area contributed by atoms with Crippen LogP contribution in [0.25, 0.3) is 0 Å². The number of halogens is 2. The van der Waals surface area contributed by atoms with Gasteiger partial charge in [-0.3, -0.25) is 0 Å². The molecule has 0 radical (unpaired) electrons. The van der Waals surface area contributed by atoms with Crippen LogP contribution in [0.1, 0.15) is 24.8 Å².